The normalized spacial score (nSPS) is 16.9. The highest BCUT2D eigenvalue weighted by Gasteiger charge is 2.35. The topological polar surface area (TPSA) is 78.5 Å². The van der Waals surface area contributed by atoms with E-state index in [1.807, 2.05) is 24.3 Å². The predicted molar refractivity (Wildman–Crippen MR) is 124 cm³/mol. The van der Waals surface area contributed by atoms with Crippen molar-refractivity contribution in [2.45, 2.75) is 45.6 Å². The van der Waals surface area contributed by atoms with Crippen LogP contribution in [-0.2, 0) is 14.4 Å². The molecule has 4 rings (SSSR count). The van der Waals surface area contributed by atoms with Crippen molar-refractivity contribution in [2.24, 2.45) is 11.8 Å². The molecular formula is C26H31N3O3. The summed E-state index contributed by atoms with van der Waals surface area (Å²) >= 11 is 0. The molecule has 0 radical (unpaired) electrons. The number of hydrogen-bond acceptors (Lipinski definition) is 3. The standard InChI is InChI=1S/C26H31N3O3/c1-16(2)18-8-10-19(11-9-18)24(28-25(31)20-12-13-20)22-6-4-5-7-23(22)27-26(32)21-14-29(15-21)17(3)30/h4-11,16,20-21,24H,12-15H2,1-3H3,(H,27,32)(H,28,31). The number of benzene rings is 2. The van der Waals surface area contributed by atoms with E-state index < -0.39 is 0 Å². The summed E-state index contributed by atoms with van der Waals surface area (Å²) < 4.78 is 0. The van der Waals surface area contributed by atoms with Crippen LogP contribution in [0, 0.1) is 11.8 Å². The van der Waals surface area contributed by atoms with Gasteiger partial charge in [-0.3, -0.25) is 14.4 Å². The Bertz CT molecular complexity index is 1010. The highest BCUT2D eigenvalue weighted by molar-refractivity contribution is 5.95. The number of carbonyl (C=O) groups is 3. The zero-order chi connectivity index (χ0) is 22.8. The summed E-state index contributed by atoms with van der Waals surface area (Å²) in [4.78, 5) is 38.6. The molecule has 0 aromatic heterocycles. The molecule has 2 aromatic rings. The van der Waals surface area contributed by atoms with Crippen molar-refractivity contribution in [3.8, 4) is 0 Å². The molecule has 6 nitrogen and oxygen atoms in total. The van der Waals surface area contributed by atoms with E-state index in [9.17, 15) is 14.4 Å². The summed E-state index contributed by atoms with van der Waals surface area (Å²) in [6, 6.07) is 15.6. The summed E-state index contributed by atoms with van der Waals surface area (Å²) in [6.45, 7) is 6.71. The Morgan fingerprint density at radius 1 is 0.875 bits per heavy atom. The summed E-state index contributed by atoms with van der Waals surface area (Å²) in [5.74, 6) is 0.241. The molecule has 2 fully saturated rings. The fourth-order valence-corrected chi connectivity index (χ4v) is 4.02. The van der Waals surface area contributed by atoms with E-state index in [-0.39, 0.29) is 35.6 Å². The van der Waals surface area contributed by atoms with Crippen LogP contribution in [0.5, 0.6) is 0 Å². The Kier molecular flexibility index (Phi) is 6.31. The van der Waals surface area contributed by atoms with Crippen LogP contribution in [0.2, 0.25) is 0 Å². The van der Waals surface area contributed by atoms with Crippen molar-refractivity contribution in [3.05, 3.63) is 65.2 Å². The zero-order valence-corrected chi connectivity index (χ0v) is 18.9. The van der Waals surface area contributed by atoms with Crippen molar-refractivity contribution < 1.29 is 14.4 Å². The van der Waals surface area contributed by atoms with Gasteiger partial charge in [0, 0.05) is 37.2 Å². The van der Waals surface area contributed by atoms with Gasteiger partial charge in [0.15, 0.2) is 0 Å². The lowest BCUT2D eigenvalue weighted by Gasteiger charge is -2.37. The second kappa shape index (κ2) is 9.15. The average molecular weight is 434 g/mol. The monoisotopic (exact) mass is 433 g/mol. The molecule has 0 bridgehead atoms. The van der Waals surface area contributed by atoms with Crippen molar-refractivity contribution in [3.63, 3.8) is 0 Å². The second-order valence-electron chi connectivity index (χ2n) is 9.23. The smallest absolute Gasteiger partial charge is 0.231 e. The molecule has 1 heterocycles. The fourth-order valence-electron chi connectivity index (χ4n) is 4.02. The molecule has 2 N–H and O–H groups in total. The molecule has 0 spiro atoms. The first-order valence-corrected chi connectivity index (χ1v) is 11.4. The van der Waals surface area contributed by atoms with Gasteiger partial charge in [-0.05, 0) is 36.0 Å². The van der Waals surface area contributed by atoms with Gasteiger partial charge in [0.1, 0.15) is 0 Å². The summed E-state index contributed by atoms with van der Waals surface area (Å²) in [7, 11) is 0. The van der Waals surface area contributed by atoms with Crippen molar-refractivity contribution in [1.82, 2.24) is 10.2 Å². The van der Waals surface area contributed by atoms with Gasteiger partial charge in [-0.2, -0.15) is 0 Å². The van der Waals surface area contributed by atoms with Gasteiger partial charge >= 0.3 is 0 Å². The lowest BCUT2D eigenvalue weighted by atomic mass is 9.93. The first-order chi connectivity index (χ1) is 15.3. The zero-order valence-electron chi connectivity index (χ0n) is 18.9. The van der Waals surface area contributed by atoms with E-state index in [4.69, 9.17) is 0 Å². The Labute approximate surface area is 189 Å². The molecular weight excluding hydrogens is 402 g/mol. The van der Waals surface area contributed by atoms with Gasteiger partial charge in [-0.25, -0.2) is 0 Å². The minimum Gasteiger partial charge on any atom is -0.345 e. The Balaban J connectivity index is 1.59. The molecule has 6 heteroatoms. The van der Waals surface area contributed by atoms with E-state index in [0.29, 0.717) is 24.7 Å². The van der Waals surface area contributed by atoms with E-state index in [1.54, 1.807) is 4.90 Å². The Morgan fingerprint density at radius 2 is 1.50 bits per heavy atom. The van der Waals surface area contributed by atoms with Crippen LogP contribution in [0.3, 0.4) is 0 Å². The lowest BCUT2D eigenvalue weighted by molar-refractivity contribution is -0.139. The molecule has 1 saturated carbocycles. The third kappa shape index (κ3) is 4.85. The van der Waals surface area contributed by atoms with Crippen LogP contribution in [0.4, 0.5) is 5.69 Å². The fraction of sp³-hybridized carbons (Fsp3) is 0.423. The molecule has 2 aliphatic rings. The SMILES string of the molecule is CC(=O)N1CC(C(=O)Nc2ccccc2C(NC(=O)C2CC2)c2ccc(C(C)C)cc2)C1. The Hall–Kier alpha value is -3.15. The van der Waals surface area contributed by atoms with Crippen molar-refractivity contribution >= 4 is 23.4 Å². The molecule has 1 aliphatic carbocycles. The predicted octanol–water partition coefficient (Wildman–Crippen LogP) is 3.84. The Morgan fingerprint density at radius 3 is 2.09 bits per heavy atom. The first kappa shape index (κ1) is 22.1. The maximum absolute atomic E-state index is 12.8. The minimum atomic E-state index is -0.351. The molecule has 3 amide bonds. The van der Waals surface area contributed by atoms with Crippen LogP contribution >= 0.6 is 0 Å². The number of carbonyl (C=O) groups excluding carboxylic acids is 3. The number of rotatable bonds is 7. The highest BCUT2D eigenvalue weighted by atomic mass is 16.2. The number of likely N-dealkylation sites (tertiary alicyclic amines) is 1. The number of hydrogen-bond donors (Lipinski definition) is 2. The van der Waals surface area contributed by atoms with Crippen LogP contribution < -0.4 is 10.6 Å². The molecule has 32 heavy (non-hydrogen) atoms. The number of amides is 3. The maximum Gasteiger partial charge on any atom is 0.231 e. The van der Waals surface area contributed by atoms with Crippen LogP contribution in [0.1, 0.15) is 62.3 Å². The van der Waals surface area contributed by atoms with Gasteiger partial charge in [0.2, 0.25) is 17.7 Å². The van der Waals surface area contributed by atoms with Crippen LogP contribution in [0.25, 0.3) is 0 Å². The van der Waals surface area contributed by atoms with Crippen LogP contribution in [-0.4, -0.2) is 35.7 Å². The quantitative estimate of drug-likeness (QED) is 0.696. The van der Waals surface area contributed by atoms with Gasteiger partial charge in [-0.15, -0.1) is 0 Å². The third-order valence-corrected chi connectivity index (χ3v) is 6.40. The summed E-state index contributed by atoms with van der Waals surface area (Å²) in [5, 5.41) is 6.25. The molecule has 1 atom stereocenters. The number of nitrogens with zero attached hydrogens (tertiary/aromatic N) is 1. The van der Waals surface area contributed by atoms with Gasteiger partial charge in [-0.1, -0.05) is 56.3 Å². The molecule has 168 valence electrons. The largest absolute Gasteiger partial charge is 0.345 e. The molecule has 1 aliphatic heterocycles. The second-order valence-corrected chi connectivity index (χ2v) is 9.23. The number of anilines is 1. The van der Waals surface area contributed by atoms with Gasteiger partial charge in [0.05, 0.1) is 12.0 Å². The van der Waals surface area contributed by atoms with Gasteiger partial charge < -0.3 is 15.5 Å². The minimum absolute atomic E-state index is 0.0119. The number of nitrogens with one attached hydrogen (secondary N) is 2. The third-order valence-electron chi connectivity index (χ3n) is 6.40. The van der Waals surface area contributed by atoms with E-state index in [2.05, 4.69) is 48.7 Å². The highest BCUT2D eigenvalue weighted by Crippen LogP contribution is 2.34. The number of para-hydroxylation sites is 1. The first-order valence-electron chi connectivity index (χ1n) is 11.4. The average Bonchev–Trinajstić information content (AvgIpc) is 3.57. The van der Waals surface area contributed by atoms with Crippen molar-refractivity contribution in [1.29, 1.82) is 0 Å². The van der Waals surface area contributed by atoms with E-state index in [1.165, 1.54) is 12.5 Å². The summed E-state index contributed by atoms with van der Waals surface area (Å²) in [5.41, 5.74) is 3.77. The van der Waals surface area contributed by atoms with E-state index in [0.717, 1.165) is 24.0 Å². The van der Waals surface area contributed by atoms with Crippen LogP contribution in [0.15, 0.2) is 48.5 Å². The molecule has 1 saturated heterocycles. The lowest BCUT2D eigenvalue weighted by Crippen LogP contribution is -2.53. The van der Waals surface area contributed by atoms with Gasteiger partial charge in [0.25, 0.3) is 0 Å². The molecule has 2 aromatic carbocycles. The summed E-state index contributed by atoms with van der Waals surface area (Å²) in [6.07, 6.45) is 1.86. The maximum atomic E-state index is 12.8. The van der Waals surface area contributed by atoms with Crippen molar-refractivity contribution in [2.75, 3.05) is 18.4 Å². The van der Waals surface area contributed by atoms with E-state index >= 15 is 0 Å². The molecule has 1 unspecified atom stereocenters.